The number of alkyl carbamates (subject to hydrolysis) is 1. The van der Waals surface area contributed by atoms with E-state index in [1.807, 2.05) is 26.1 Å². The first kappa shape index (κ1) is 38.2. The molecule has 4 aromatic rings. The van der Waals surface area contributed by atoms with E-state index in [0.29, 0.717) is 17.7 Å². The van der Waals surface area contributed by atoms with E-state index in [0.717, 1.165) is 15.9 Å². The molecule has 1 aliphatic carbocycles. The number of guanidine groups is 1. The predicted molar refractivity (Wildman–Crippen MR) is 182 cm³/mol. The van der Waals surface area contributed by atoms with Crippen molar-refractivity contribution in [2.24, 2.45) is 23.2 Å². The molecule has 2 amide bonds. The molecule has 1 saturated carbocycles. The maximum absolute atomic E-state index is 14.4. The van der Waals surface area contributed by atoms with Gasteiger partial charge in [-0.25, -0.2) is 23.2 Å². The van der Waals surface area contributed by atoms with E-state index in [1.165, 1.54) is 30.3 Å². The number of rotatable bonds is 11. The molecule has 1 atom stereocenters. The third-order valence-electron chi connectivity index (χ3n) is 8.41. The van der Waals surface area contributed by atoms with Gasteiger partial charge in [-0.1, -0.05) is 50.6 Å². The number of aromatic nitrogens is 5. The van der Waals surface area contributed by atoms with E-state index in [9.17, 15) is 31.5 Å². The smallest absolute Gasteiger partial charge is 0.411 e. The molecule has 5 rings (SSSR count). The summed E-state index contributed by atoms with van der Waals surface area (Å²) < 4.78 is 76.4. The molecule has 0 spiro atoms. The highest BCUT2D eigenvalue weighted by molar-refractivity contribution is 6.32. The zero-order chi connectivity index (χ0) is 38.0. The zero-order valence-electron chi connectivity index (χ0n) is 28.7. The Hall–Kier alpha value is -5.06. The fourth-order valence-electron chi connectivity index (χ4n) is 5.27. The molecule has 3 N–H and O–H groups in total. The number of amides is 2. The highest BCUT2D eigenvalue weighted by Crippen LogP contribution is 2.49. The quantitative estimate of drug-likeness (QED) is 0.0953. The number of nitrogens with two attached hydrogens (primary N) is 1. The standard InChI is InChI=1S/C34H37ClF5N9O3/c1-32(2,3)14-15-42-30(41)48(29(50)21-7-5-20(6-8-21)24-11-16-47(4)46-24)26(18-52-31(51)45-33(12-13-33)34(38,39)40)22-9-10-23(35)25(17-22)49-28(27(36)37)43-19-44-49/h5-11,16-17,19,26-27H,12-15,18H2,1-4H3,(H2,41,42)(H,45,51)/t26-/m1/s1. The summed E-state index contributed by atoms with van der Waals surface area (Å²) in [6, 6.07) is 10.9. The van der Waals surface area contributed by atoms with Gasteiger partial charge in [0.05, 0.1) is 22.4 Å². The van der Waals surface area contributed by atoms with Gasteiger partial charge in [-0.05, 0) is 60.6 Å². The molecule has 2 aromatic heterocycles. The largest absolute Gasteiger partial charge is 0.447 e. The fraction of sp³-hybridized carbons (Fsp3) is 0.412. The van der Waals surface area contributed by atoms with Crippen molar-refractivity contribution in [3.05, 3.63) is 83.0 Å². The van der Waals surface area contributed by atoms with E-state index >= 15 is 0 Å². The van der Waals surface area contributed by atoms with Crippen LogP contribution in [-0.4, -0.2) is 72.3 Å². The Balaban J connectivity index is 1.58. The molecule has 278 valence electrons. The minimum absolute atomic E-state index is 0.0239. The molecule has 2 heterocycles. The van der Waals surface area contributed by atoms with Crippen molar-refractivity contribution in [3.8, 4) is 16.9 Å². The third-order valence-corrected chi connectivity index (χ3v) is 8.73. The number of benzene rings is 2. The van der Waals surface area contributed by atoms with Crippen molar-refractivity contribution in [1.82, 2.24) is 34.8 Å². The molecular formula is C34H37ClF5N9O3. The Bertz CT molecular complexity index is 1930. The van der Waals surface area contributed by atoms with Gasteiger partial charge in [0.1, 0.15) is 18.5 Å². The van der Waals surface area contributed by atoms with Crippen molar-refractivity contribution in [3.63, 3.8) is 0 Å². The number of alkyl halides is 5. The maximum Gasteiger partial charge on any atom is 0.411 e. The summed E-state index contributed by atoms with van der Waals surface area (Å²) in [5.41, 5.74) is 5.51. The number of nitrogens with zero attached hydrogens (tertiary/aromatic N) is 7. The maximum atomic E-state index is 14.4. The molecule has 52 heavy (non-hydrogen) atoms. The van der Waals surface area contributed by atoms with Gasteiger partial charge in [-0.2, -0.15) is 23.4 Å². The van der Waals surface area contributed by atoms with Gasteiger partial charge in [0.2, 0.25) is 0 Å². The van der Waals surface area contributed by atoms with Crippen LogP contribution in [0.4, 0.5) is 26.7 Å². The summed E-state index contributed by atoms with van der Waals surface area (Å²) in [7, 11) is 1.76. The number of carbonyl (C=O) groups excluding carboxylic acids is 2. The summed E-state index contributed by atoms with van der Waals surface area (Å²) >= 11 is 6.43. The van der Waals surface area contributed by atoms with E-state index in [1.54, 1.807) is 36.1 Å². The monoisotopic (exact) mass is 749 g/mol. The van der Waals surface area contributed by atoms with Gasteiger partial charge in [-0.15, -0.1) is 0 Å². The van der Waals surface area contributed by atoms with E-state index in [4.69, 9.17) is 22.1 Å². The van der Waals surface area contributed by atoms with Gasteiger partial charge in [0.15, 0.2) is 11.8 Å². The number of aliphatic imine (C=N–C) groups is 1. The van der Waals surface area contributed by atoms with Gasteiger partial charge >= 0.3 is 12.3 Å². The van der Waals surface area contributed by atoms with Crippen LogP contribution in [0.1, 0.15) is 74.2 Å². The first-order valence-corrected chi connectivity index (χ1v) is 16.5. The third kappa shape index (κ3) is 8.69. The lowest BCUT2D eigenvalue weighted by atomic mass is 9.92. The Morgan fingerprint density at radius 2 is 1.81 bits per heavy atom. The molecule has 0 unspecified atom stereocenters. The number of nitrogens with one attached hydrogen (secondary N) is 1. The van der Waals surface area contributed by atoms with Crippen LogP contribution < -0.4 is 11.1 Å². The second kappa shape index (κ2) is 14.9. The van der Waals surface area contributed by atoms with Crippen LogP contribution in [0.3, 0.4) is 0 Å². The number of carbonyl (C=O) groups is 2. The normalized spacial score (nSPS) is 15.0. The molecule has 1 fully saturated rings. The summed E-state index contributed by atoms with van der Waals surface area (Å²) in [4.78, 5) is 36.4. The molecule has 2 aromatic carbocycles. The lowest BCUT2D eigenvalue weighted by molar-refractivity contribution is -0.164. The van der Waals surface area contributed by atoms with Gasteiger partial charge in [-0.3, -0.25) is 19.4 Å². The minimum atomic E-state index is -4.72. The molecule has 18 heteroatoms. The van der Waals surface area contributed by atoms with E-state index in [-0.39, 0.29) is 52.6 Å². The molecule has 0 aliphatic heterocycles. The number of hydrogen-bond acceptors (Lipinski definition) is 7. The number of ether oxygens (including phenoxy) is 1. The summed E-state index contributed by atoms with van der Waals surface area (Å²) in [5.74, 6) is -1.73. The number of halogens is 6. The summed E-state index contributed by atoms with van der Waals surface area (Å²) in [6.07, 6.45) is -6.57. The molecule has 0 bridgehead atoms. The van der Waals surface area contributed by atoms with Crippen LogP contribution in [0, 0.1) is 5.41 Å². The van der Waals surface area contributed by atoms with Gasteiger partial charge in [0.25, 0.3) is 12.3 Å². The Morgan fingerprint density at radius 1 is 1.12 bits per heavy atom. The Labute approximate surface area is 300 Å². The molecule has 0 saturated heterocycles. The second-order valence-corrected chi connectivity index (χ2v) is 13.9. The van der Waals surface area contributed by atoms with Crippen molar-refractivity contribution >= 4 is 29.6 Å². The predicted octanol–water partition coefficient (Wildman–Crippen LogP) is 7.01. The van der Waals surface area contributed by atoms with Crippen LogP contribution in [0.25, 0.3) is 16.9 Å². The first-order chi connectivity index (χ1) is 24.4. The van der Waals surface area contributed by atoms with Crippen molar-refractivity contribution < 1.29 is 36.3 Å². The Morgan fingerprint density at radius 3 is 2.38 bits per heavy atom. The van der Waals surface area contributed by atoms with Crippen LogP contribution in [0.2, 0.25) is 5.02 Å². The highest BCUT2D eigenvalue weighted by Gasteiger charge is 2.64. The van der Waals surface area contributed by atoms with Crippen molar-refractivity contribution in [2.75, 3.05) is 13.2 Å². The zero-order valence-corrected chi connectivity index (χ0v) is 29.4. The first-order valence-electron chi connectivity index (χ1n) is 16.1. The summed E-state index contributed by atoms with van der Waals surface area (Å²) in [5, 5.41) is 10.1. The molecule has 0 radical (unpaired) electrons. The van der Waals surface area contributed by atoms with Crippen LogP contribution >= 0.6 is 11.6 Å². The molecule has 1 aliphatic rings. The molecular weight excluding hydrogens is 713 g/mol. The second-order valence-electron chi connectivity index (χ2n) is 13.5. The van der Waals surface area contributed by atoms with E-state index in [2.05, 4.69) is 20.2 Å². The summed E-state index contributed by atoms with van der Waals surface area (Å²) in [6.45, 7) is 5.41. The van der Waals surface area contributed by atoms with Crippen molar-refractivity contribution in [2.45, 2.75) is 64.2 Å². The molecule has 12 nitrogen and oxygen atoms in total. The van der Waals surface area contributed by atoms with Crippen LogP contribution in [-0.2, 0) is 11.8 Å². The average Bonchev–Trinajstić information content (AvgIpc) is 3.47. The average molecular weight is 750 g/mol. The lowest BCUT2D eigenvalue weighted by Crippen LogP contribution is -2.49. The Kier molecular flexibility index (Phi) is 10.9. The SMILES string of the molecule is Cn1ccc(-c2ccc(C(=O)N(C(N)=NCCC(C)(C)C)[C@H](COC(=O)NC3(C(F)(F)F)CC3)c3ccc(Cl)c(-n4ncnc4C(F)F)c3)cc2)n1. The number of hydrogen-bond donors (Lipinski definition) is 2. The highest BCUT2D eigenvalue weighted by atomic mass is 35.5. The topological polar surface area (TPSA) is 146 Å². The van der Waals surface area contributed by atoms with Gasteiger partial charge in [0, 0.05) is 30.9 Å². The van der Waals surface area contributed by atoms with Crippen LogP contribution in [0.5, 0.6) is 0 Å². The lowest BCUT2D eigenvalue weighted by Gasteiger charge is -2.32. The van der Waals surface area contributed by atoms with Crippen LogP contribution in [0.15, 0.2) is 66.0 Å². The van der Waals surface area contributed by atoms with E-state index < -0.39 is 48.6 Å². The fourth-order valence-corrected chi connectivity index (χ4v) is 5.47. The van der Waals surface area contributed by atoms with Gasteiger partial charge < -0.3 is 15.8 Å². The van der Waals surface area contributed by atoms with Crippen molar-refractivity contribution in [1.29, 1.82) is 0 Å². The number of aryl methyl sites for hydroxylation is 1. The minimum Gasteiger partial charge on any atom is -0.447 e.